The molecule has 0 aliphatic carbocycles. The highest BCUT2D eigenvalue weighted by Crippen LogP contribution is 2.23. The van der Waals surface area contributed by atoms with Gasteiger partial charge in [0.15, 0.2) is 0 Å². The summed E-state index contributed by atoms with van der Waals surface area (Å²) in [6.45, 7) is 6.99. The molecule has 0 saturated carbocycles. The Morgan fingerprint density at radius 1 is 0.970 bits per heavy atom. The Morgan fingerprint density at radius 2 is 1.73 bits per heavy atom. The largest absolute Gasteiger partial charge is 0.380 e. The summed E-state index contributed by atoms with van der Waals surface area (Å²) >= 11 is 1.74. The fraction of sp³-hybridized carbons (Fsp3) is 0.290. The quantitative estimate of drug-likeness (QED) is 0.296. The summed E-state index contributed by atoms with van der Waals surface area (Å²) < 4.78 is 5.43. The zero-order valence-electron chi connectivity index (χ0n) is 20.2. The van der Waals surface area contributed by atoms with Crippen LogP contribution >= 0.6 is 11.3 Å². The number of hydrogen-bond donors (Lipinski definition) is 0. The van der Waals surface area contributed by atoms with Crippen LogP contribution < -0.4 is 0 Å². The van der Waals surface area contributed by atoms with Crippen LogP contribution in [-0.2, 0) is 17.6 Å². The van der Waals surface area contributed by atoms with Crippen molar-refractivity contribution in [3.63, 3.8) is 0 Å². The van der Waals surface area contributed by atoms with Gasteiger partial charge in [-0.15, -0.1) is 0 Å². The van der Waals surface area contributed by atoms with Gasteiger partial charge in [-0.2, -0.15) is 11.3 Å². The minimum absolute atomic E-state index is 0.0290. The Kier molecular flexibility index (Phi) is 9.31. The van der Waals surface area contributed by atoms with Crippen LogP contribution in [0.5, 0.6) is 0 Å². The summed E-state index contributed by atoms with van der Waals surface area (Å²) in [6, 6.07) is 19.9. The molecule has 0 bridgehead atoms. The molecule has 33 heavy (non-hydrogen) atoms. The Balaban J connectivity index is 1.65. The van der Waals surface area contributed by atoms with Crippen LogP contribution in [0.2, 0.25) is 0 Å². The van der Waals surface area contributed by atoms with Crippen molar-refractivity contribution < 1.29 is 4.74 Å². The van der Waals surface area contributed by atoms with Crippen LogP contribution in [0.25, 0.3) is 17.2 Å². The van der Waals surface area contributed by atoms with Crippen molar-refractivity contribution >= 4 is 17.4 Å². The fourth-order valence-corrected chi connectivity index (χ4v) is 4.24. The van der Waals surface area contributed by atoms with Gasteiger partial charge in [0.25, 0.3) is 0 Å². The van der Waals surface area contributed by atoms with E-state index in [0.717, 1.165) is 19.3 Å². The Bertz CT molecular complexity index is 1130. The molecule has 1 heterocycles. The number of thiophene rings is 1. The number of benzene rings is 2. The van der Waals surface area contributed by atoms with E-state index in [4.69, 9.17) is 4.74 Å². The second kappa shape index (κ2) is 12.4. The van der Waals surface area contributed by atoms with Gasteiger partial charge in [-0.1, -0.05) is 72.5 Å². The standard InChI is InChI=1S/C31H34OS/c1-31(2,3)18-7-5-6-10-28(23-32-4)21-27-13-8-11-25(20-27)15-16-26-12-9-14-29(22-26)30-17-19-33-24-30/h5-6,8-9,11-14,17,19-22,24H,10,15-16,23H2,1-4H3/b6-5+,28-21+. The molecule has 0 aliphatic rings. The van der Waals surface area contributed by atoms with Gasteiger partial charge in [0.05, 0.1) is 6.61 Å². The lowest BCUT2D eigenvalue weighted by Crippen LogP contribution is -1.98. The third-order valence-corrected chi connectivity index (χ3v) is 5.85. The molecule has 0 radical (unpaired) electrons. The third-order valence-electron chi connectivity index (χ3n) is 5.16. The van der Waals surface area contributed by atoms with Gasteiger partial charge < -0.3 is 4.74 Å². The van der Waals surface area contributed by atoms with E-state index < -0.39 is 0 Å². The first-order chi connectivity index (χ1) is 15.9. The van der Waals surface area contributed by atoms with E-state index in [9.17, 15) is 0 Å². The maximum Gasteiger partial charge on any atom is 0.0679 e. The normalized spacial score (nSPS) is 12.1. The molecule has 0 N–H and O–H groups in total. The van der Waals surface area contributed by atoms with Crippen LogP contribution in [0.3, 0.4) is 0 Å². The second-order valence-electron chi connectivity index (χ2n) is 9.32. The molecule has 2 aromatic carbocycles. The molecule has 0 atom stereocenters. The zero-order valence-corrected chi connectivity index (χ0v) is 21.0. The summed E-state index contributed by atoms with van der Waals surface area (Å²) in [5.74, 6) is 6.38. The first-order valence-corrected chi connectivity index (χ1v) is 12.4. The average Bonchev–Trinajstić information content (AvgIpc) is 3.32. The Morgan fingerprint density at radius 3 is 2.42 bits per heavy atom. The molecular formula is C31H34OS. The van der Waals surface area contributed by atoms with Crippen molar-refractivity contribution in [1.82, 2.24) is 0 Å². The number of ether oxygens (including phenoxy) is 1. The number of hydrogen-bond acceptors (Lipinski definition) is 2. The van der Waals surface area contributed by atoms with Crippen molar-refractivity contribution in [1.29, 1.82) is 0 Å². The SMILES string of the molecule is COC/C(=C/c1cccc(CCc2cccc(-c3ccsc3)c2)c1)C/C=C/C#CC(C)(C)C. The Labute approximate surface area is 203 Å². The van der Waals surface area contributed by atoms with Gasteiger partial charge in [0.2, 0.25) is 0 Å². The minimum atomic E-state index is 0.0290. The maximum atomic E-state index is 5.43. The van der Waals surface area contributed by atoms with Gasteiger partial charge in [-0.25, -0.2) is 0 Å². The molecule has 3 rings (SSSR count). The summed E-state index contributed by atoms with van der Waals surface area (Å²) in [6.07, 6.45) is 9.21. The number of methoxy groups -OCH3 is 1. The number of aryl methyl sites for hydroxylation is 2. The van der Waals surface area contributed by atoms with Crippen molar-refractivity contribution in [3.8, 4) is 23.0 Å². The predicted molar refractivity (Wildman–Crippen MR) is 144 cm³/mol. The first-order valence-electron chi connectivity index (χ1n) is 11.5. The lowest BCUT2D eigenvalue weighted by Gasteiger charge is -2.07. The number of allylic oxidation sites excluding steroid dienone is 2. The molecule has 0 aliphatic heterocycles. The van der Waals surface area contributed by atoms with Gasteiger partial charge in [-0.05, 0) is 96.3 Å². The second-order valence-corrected chi connectivity index (χ2v) is 10.1. The van der Waals surface area contributed by atoms with E-state index in [1.54, 1.807) is 18.4 Å². The van der Waals surface area contributed by atoms with Crippen LogP contribution in [0.15, 0.2) is 83.1 Å². The van der Waals surface area contributed by atoms with E-state index in [2.05, 4.69) is 110 Å². The minimum Gasteiger partial charge on any atom is -0.380 e. The molecule has 0 spiro atoms. The molecule has 3 aromatic rings. The average molecular weight is 455 g/mol. The lowest BCUT2D eigenvalue weighted by atomic mass is 9.98. The van der Waals surface area contributed by atoms with Crippen LogP contribution in [0.1, 0.15) is 43.9 Å². The zero-order chi connectivity index (χ0) is 23.5. The van der Waals surface area contributed by atoms with Crippen LogP contribution in [-0.4, -0.2) is 13.7 Å². The van der Waals surface area contributed by atoms with Gasteiger partial charge >= 0.3 is 0 Å². The van der Waals surface area contributed by atoms with E-state index in [1.807, 2.05) is 6.08 Å². The van der Waals surface area contributed by atoms with Crippen molar-refractivity contribution in [2.24, 2.45) is 5.41 Å². The van der Waals surface area contributed by atoms with E-state index >= 15 is 0 Å². The van der Waals surface area contributed by atoms with Gasteiger partial charge in [0.1, 0.15) is 0 Å². The number of rotatable bonds is 9. The summed E-state index contributed by atoms with van der Waals surface area (Å²) in [5.41, 5.74) is 7.83. The monoisotopic (exact) mass is 454 g/mol. The highest BCUT2D eigenvalue weighted by atomic mass is 32.1. The molecule has 2 heteroatoms. The molecular weight excluding hydrogens is 420 g/mol. The van der Waals surface area contributed by atoms with Crippen molar-refractivity contribution in [3.05, 3.63) is 99.8 Å². The van der Waals surface area contributed by atoms with E-state index in [-0.39, 0.29) is 5.41 Å². The van der Waals surface area contributed by atoms with Crippen molar-refractivity contribution in [2.45, 2.75) is 40.0 Å². The molecule has 0 saturated heterocycles. The van der Waals surface area contributed by atoms with Crippen LogP contribution in [0, 0.1) is 17.3 Å². The van der Waals surface area contributed by atoms with E-state index in [1.165, 1.54) is 33.4 Å². The van der Waals surface area contributed by atoms with Gasteiger partial charge in [0, 0.05) is 12.5 Å². The molecule has 170 valence electrons. The smallest absolute Gasteiger partial charge is 0.0679 e. The predicted octanol–water partition coefficient (Wildman–Crippen LogP) is 8.23. The van der Waals surface area contributed by atoms with Crippen molar-refractivity contribution in [2.75, 3.05) is 13.7 Å². The summed E-state index contributed by atoms with van der Waals surface area (Å²) in [7, 11) is 1.75. The molecule has 0 amide bonds. The molecule has 0 unspecified atom stereocenters. The Hall–Kier alpha value is -2.86. The summed E-state index contributed by atoms with van der Waals surface area (Å²) in [5, 5.41) is 4.34. The van der Waals surface area contributed by atoms with Crippen LogP contribution in [0.4, 0.5) is 0 Å². The lowest BCUT2D eigenvalue weighted by molar-refractivity contribution is 0.225. The molecule has 1 nitrogen and oxygen atoms in total. The maximum absolute atomic E-state index is 5.43. The molecule has 1 aromatic heterocycles. The van der Waals surface area contributed by atoms with Gasteiger partial charge in [-0.3, -0.25) is 0 Å². The fourth-order valence-electron chi connectivity index (χ4n) is 3.57. The molecule has 0 fully saturated rings. The summed E-state index contributed by atoms with van der Waals surface area (Å²) in [4.78, 5) is 0. The third kappa shape index (κ3) is 8.89. The highest BCUT2D eigenvalue weighted by Gasteiger charge is 2.03. The highest BCUT2D eigenvalue weighted by molar-refractivity contribution is 7.08. The topological polar surface area (TPSA) is 9.23 Å². The first kappa shape index (κ1) is 24.8. The van der Waals surface area contributed by atoms with E-state index in [0.29, 0.717) is 6.61 Å².